The molecule has 23 heavy (non-hydrogen) atoms. The second-order valence-corrected chi connectivity index (χ2v) is 6.83. The average Bonchev–Trinajstić information content (AvgIpc) is 2.92. The predicted molar refractivity (Wildman–Crippen MR) is 93.8 cm³/mol. The molecule has 2 heterocycles. The molecular formula is C17H22BrN3O2. The number of aromatic nitrogens is 2. The summed E-state index contributed by atoms with van der Waals surface area (Å²) in [5, 5.41) is 3.25. The number of carbonyl (C=O) groups excluding carboxylic acids is 1. The van der Waals surface area contributed by atoms with Crippen molar-refractivity contribution < 1.29 is 9.53 Å². The average molecular weight is 380 g/mol. The number of esters is 1. The number of anilines is 1. The van der Waals surface area contributed by atoms with Gasteiger partial charge in [0.05, 0.1) is 12.3 Å². The third kappa shape index (κ3) is 3.68. The van der Waals surface area contributed by atoms with Crippen LogP contribution in [0.5, 0.6) is 0 Å². The number of ether oxygens (including phenoxy) is 1. The van der Waals surface area contributed by atoms with Crippen LogP contribution in [-0.2, 0) is 9.53 Å². The topological polar surface area (TPSA) is 55.6 Å². The third-order valence-electron chi connectivity index (χ3n) is 4.31. The van der Waals surface area contributed by atoms with Crippen molar-refractivity contribution in [3.8, 4) is 0 Å². The van der Waals surface area contributed by atoms with E-state index in [1.807, 2.05) is 29.7 Å². The van der Waals surface area contributed by atoms with E-state index in [0.29, 0.717) is 12.5 Å². The Morgan fingerprint density at radius 2 is 2.17 bits per heavy atom. The molecule has 0 unspecified atom stereocenters. The van der Waals surface area contributed by atoms with Crippen molar-refractivity contribution in [2.75, 3.05) is 18.5 Å². The summed E-state index contributed by atoms with van der Waals surface area (Å²) < 4.78 is 8.03. The summed E-state index contributed by atoms with van der Waals surface area (Å²) in [4.78, 5) is 16.5. The van der Waals surface area contributed by atoms with Gasteiger partial charge in [0.25, 0.3) is 0 Å². The van der Waals surface area contributed by atoms with Crippen LogP contribution < -0.4 is 5.32 Å². The third-order valence-corrected chi connectivity index (χ3v) is 4.78. The molecule has 1 aliphatic carbocycles. The maximum atomic E-state index is 11.7. The Morgan fingerprint density at radius 3 is 2.91 bits per heavy atom. The fourth-order valence-electron chi connectivity index (χ4n) is 3.24. The Bertz CT molecular complexity index is 692. The number of halogens is 1. The van der Waals surface area contributed by atoms with Crippen LogP contribution >= 0.6 is 15.9 Å². The first-order chi connectivity index (χ1) is 11.2. The lowest BCUT2D eigenvalue weighted by Crippen LogP contribution is -2.19. The largest absolute Gasteiger partial charge is 0.465 e. The molecule has 2 aromatic rings. The van der Waals surface area contributed by atoms with Gasteiger partial charge in [-0.15, -0.1) is 0 Å². The summed E-state index contributed by atoms with van der Waals surface area (Å²) in [6.45, 7) is 2.37. The highest BCUT2D eigenvalue weighted by Gasteiger charge is 2.23. The number of rotatable bonds is 5. The molecule has 0 amide bonds. The molecule has 6 heteroatoms. The van der Waals surface area contributed by atoms with Crippen molar-refractivity contribution in [1.29, 1.82) is 0 Å². The molecule has 1 saturated carbocycles. The molecule has 5 nitrogen and oxygen atoms in total. The highest BCUT2D eigenvalue weighted by molar-refractivity contribution is 9.10. The second kappa shape index (κ2) is 7.34. The molecule has 0 bridgehead atoms. The van der Waals surface area contributed by atoms with Crippen molar-refractivity contribution in [1.82, 2.24) is 9.38 Å². The van der Waals surface area contributed by atoms with E-state index in [0.717, 1.165) is 21.6 Å². The highest BCUT2D eigenvalue weighted by Crippen LogP contribution is 2.36. The summed E-state index contributed by atoms with van der Waals surface area (Å²) in [5.74, 6) is 1.14. The van der Waals surface area contributed by atoms with Gasteiger partial charge >= 0.3 is 5.97 Å². The van der Waals surface area contributed by atoms with Gasteiger partial charge in [-0.05, 0) is 47.8 Å². The van der Waals surface area contributed by atoms with Crippen LogP contribution in [0.3, 0.4) is 0 Å². The van der Waals surface area contributed by atoms with Crippen molar-refractivity contribution >= 4 is 33.4 Å². The van der Waals surface area contributed by atoms with Crippen molar-refractivity contribution in [2.24, 2.45) is 0 Å². The van der Waals surface area contributed by atoms with E-state index in [-0.39, 0.29) is 12.5 Å². The van der Waals surface area contributed by atoms with E-state index in [4.69, 9.17) is 9.72 Å². The number of hydrogen-bond acceptors (Lipinski definition) is 4. The van der Waals surface area contributed by atoms with Crippen LogP contribution in [0.4, 0.5) is 5.82 Å². The maximum absolute atomic E-state index is 11.7. The molecule has 1 fully saturated rings. The number of hydrogen-bond donors (Lipinski definition) is 1. The van der Waals surface area contributed by atoms with Gasteiger partial charge in [-0.2, -0.15) is 0 Å². The van der Waals surface area contributed by atoms with Gasteiger partial charge < -0.3 is 10.1 Å². The minimum atomic E-state index is -0.243. The van der Waals surface area contributed by atoms with Crippen molar-refractivity contribution in [2.45, 2.75) is 44.9 Å². The number of nitrogens with zero attached hydrogens (tertiary/aromatic N) is 2. The number of nitrogens with one attached hydrogen (secondary N) is 1. The Labute approximate surface area is 144 Å². The van der Waals surface area contributed by atoms with Gasteiger partial charge in [0.2, 0.25) is 0 Å². The van der Waals surface area contributed by atoms with Crippen LogP contribution in [0.1, 0.15) is 50.6 Å². The Hall–Kier alpha value is -1.56. The smallest absolute Gasteiger partial charge is 0.325 e. The van der Waals surface area contributed by atoms with Gasteiger partial charge in [-0.25, -0.2) is 4.98 Å². The van der Waals surface area contributed by atoms with E-state index >= 15 is 0 Å². The molecule has 2 aromatic heterocycles. The first kappa shape index (κ1) is 16.3. The number of carbonyl (C=O) groups is 1. The summed E-state index contributed by atoms with van der Waals surface area (Å²) >= 11 is 3.51. The zero-order valence-electron chi connectivity index (χ0n) is 13.3. The lowest BCUT2D eigenvalue weighted by Gasteiger charge is -2.21. The number of imidazole rings is 1. The lowest BCUT2D eigenvalue weighted by molar-refractivity contribution is -0.140. The van der Waals surface area contributed by atoms with Crippen LogP contribution in [0.25, 0.3) is 5.65 Å². The zero-order valence-corrected chi connectivity index (χ0v) is 14.9. The number of pyridine rings is 1. The van der Waals surface area contributed by atoms with Crippen molar-refractivity contribution in [3.63, 3.8) is 0 Å². The second-order valence-electron chi connectivity index (χ2n) is 5.91. The van der Waals surface area contributed by atoms with E-state index in [9.17, 15) is 4.79 Å². The van der Waals surface area contributed by atoms with E-state index < -0.39 is 0 Å². The normalized spacial score (nSPS) is 15.7. The fourth-order valence-corrected chi connectivity index (χ4v) is 3.58. The lowest BCUT2D eigenvalue weighted by atomic mass is 9.87. The first-order valence-electron chi connectivity index (χ1n) is 8.26. The van der Waals surface area contributed by atoms with Crippen LogP contribution in [-0.4, -0.2) is 28.5 Å². The zero-order chi connectivity index (χ0) is 16.2. The van der Waals surface area contributed by atoms with Gasteiger partial charge in [-0.3, -0.25) is 9.20 Å². The standard InChI is InChI=1S/C17H22BrN3O2/c1-2-23-15(22)10-19-17-16(12-6-4-3-5-7-12)20-14-9-8-13(18)11-21(14)17/h8-9,11-12,19H,2-7,10H2,1H3. The summed E-state index contributed by atoms with van der Waals surface area (Å²) in [6, 6.07) is 3.98. The monoisotopic (exact) mass is 379 g/mol. The maximum Gasteiger partial charge on any atom is 0.325 e. The molecule has 0 aliphatic heterocycles. The highest BCUT2D eigenvalue weighted by atomic mass is 79.9. The van der Waals surface area contributed by atoms with E-state index in [1.54, 1.807) is 0 Å². The molecule has 0 aromatic carbocycles. The number of fused-ring (bicyclic) bond motifs is 1. The molecule has 0 spiro atoms. The van der Waals surface area contributed by atoms with Gasteiger partial charge in [0.1, 0.15) is 18.0 Å². The molecule has 3 rings (SSSR count). The Balaban J connectivity index is 1.93. The SMILES string of the molecule is CCOC(=O)CNc1c(C2CCCCC2)nc2ccc(Br)cn12. The van der Waals surface area contributed by atoms with Gasteiger partial charge in [-0.1, -0.05) is 19.3 Å². The minimum Gasteiger partial charge on any atom is -0.465 e. The molecule has 1 N–H and O–H groups in total. The van der Waals surface area contributed by atoms with Crippen LogP contribution in [0.15, 0.2) is 22.8 Å². The van der Waals surface area contributed by atoms with Crippen LogP contribution in [0, 0.1) is 0 Å². The van der Waals surface area contributed by atoms with Gasteiger partial charge in [0.15, 0.2) is 0 Å². The van der Waals surface area contributed by atoms with E-state index in [1.165, 1.54) is 32.1 Å². The first-order valence-corrected chi connectivity index (χ1v) is 9.05. The molecular weight excluding hydrogens is 358 g/mol. The molecule has 1 aliphatic rings. The minimum absolute atomic E-state index is 0.161. The Kier molecular flexibility index (Phi) is 5.20. The summed E-state index contributed by atoms with van der Waals surface area (Å²) in [7, 11) is 0. The summed E-state index contributed by atoms with van der Waals surface area (Å²) in [6.07, 6.45) is 8.13. The van der Waals surface area contributed by atoms with Crippen LogP contribution in [0.2, 0.25) is 0 Å². The van der Waals surface area contributed by atoms with Gasteiger partial charge in [0, 0.05) is 16.6 Å². The predicted octanol–water partition coefficient (Wildman–Crippen LogP) is 4.12. The molecule has 0 radical (unpaired) electrons. The molecule has 0 atom stereocenters. The fraction of sp³-hybridized carbons (Fsp3) is 0.529. The quantitative estimate of drug-likeness (QED) is 0.793. The Morgan fingerprint density at radius 1 is 1.39 bits per heavy atom. The summed E-state index contributed by atoms with van der Waals surface area (Å²) in [5.41, 5.74) is 1.98. The molecule has 124 valence electrons. The van der Waals surface area contributed by atoms with E-state index in [2.05, 4.69) is 21.2 Å². The van der Waals surface area contributed by atoms with Crippen molar-refractivity contribution in [3.05, 3.63) is 28.5 Å². The molecule has 0 saturated heterocycles.